The maximum Gasteiger partial charge on any atom is 0.242 e. The lowest BCUT2D eigenvalue weighted by Gasteiger charge is -2.30. The number of amides is 1. The van der Waals surface area contributed by atoms with Crippen molar-refractivity contribution in [2.24, 2.45) is 5.41 Å². The summed E-state index contributed by atoms with van der Waals surface area (Å²) in [6, 6.07) is 2.15. The minimum atomic E-state index is -0.874. The van der Waals surface area contributed by atoms with Crippen molar-refractivity contribution in [1.82, 2.24) is 9.80 Å². The molecule has 1 unspecified atom stereocenters. The summed E-state index contributed by atoms with van der Waals surface area (Å²) in [5, 5.41) is 9.14. The molecule has 4 nitrogen and oxygen atoms in total. The Morgan fingerprint density at radius 1 is 1.24 bits per heavy atom. The average Bonchev–Trinajstić information content (AvgIpc) is 2.32. The molecule has 0 rings (SSSR count). The summed E-state index contributed by atoms with van der Waals surface area (Å²) in [5.74, 6) is -0.0359. The molecule has 1 amide bonds. The van der Waals surface area contributed by atoms with Gasteiger partial charge in [-0.25, -0.2) is 0 Å². The molecule has 0 radical (unpaired) electrons. The third-order valence-corrected chi connectivity index (χ3v) is 3.02. The van der Waals surface area contributed by atoms with Gasteiger partial charge in [-0.05, 0) is 33.9 Å². The molecular formula is C13H25N3O. The molecule has 1 atom stereocenters. The fourth-order valence-electron chi connectivity index (χ4n) is 1.53. The van der Waals surface area contributed by atoms with Crippen molar-refractivity contribution in [1.29, 1.82) is 5.26 Å². The Hall–Kier alpha value is -1.08. The summed E-state index contributed by atoms with van der Waals surface area (Å²) in [6.07, 6.45) is 1.48. The third kappa shape index (κ3) is 4.74. The van der Waals surface area contributed by atoms with Gasteiger partial charge in [0, 0.05) is 19.6 Å². The first-order valence-corrected chi connectivity index (χ1v) is 6.26. The predicted molar refractivity (Wildman–Crippen MR) is 69.4 cm³/mol. The first kappa shape index (κ1) is 15.9. The molecule has 0 fully saturated rings. The Labute approximate surface area is 105 Å². The standard InChI is InChI=1S/C13H25N3O/c1-6-8-16(10-9-15(4)5)12(17)13(3,7-2)11-14/h6-10H2,1-5H3. The third-order valence-electron chi connectivity index (χ3n) is 3.02. The van der Waals surface area contributed by atoms with Gasteiger partial charge in [0.25, 0.3) is 0 Å². The van der Waals surface area contributed by atoms with E-state index in [2.05, 4.69) is 6.07 Å². The van der Waals surface area contributed by atoms with E-state index in [1.807, 2.05) is 37.7 Å². The smallest absolute Gasteiger partial charge is 0.242 e. The molecule has 0 aromatic carbocycles. The second-order valence-corrected chi connectivity index (χ2v) is 4.89. The van der Waals surface area contributed by atoms with E-state index in [0.717, 1.165) is 19.5 Å². The minimum Gasteiger partial charge on any atom is -0.340 e. The van der Waals surface area contributed by atoms with Crippen LogP contribution in [0.4, 0.5) is 0 Å². The van der Waals surface area contributed by atoms with Crippen molar-refractivity contribution < 1.29 is 4.79 Å². The summed E-state index contributed by atoms with van der Waals surface area (Å²) < 4.78 is 0. The average molecular weight is 239 g/mol. The lowest BCUT2D eigenvalue weighted by molar-refractivity contribution is -0.138. The van der Waals surface area contributed by atoms with Crippen LogP contribution in [0.1, 0.15) is 33.6 Å². The van der Waals surface area contributed by atoms with E-state index >= 15 is 0 Å². The van der Waals surface area contributed by atoms with Crippen LogP contribution in [0, 0.1) is 16.7 Å². The molecule has 0 N–H and O–H groups in total. The molecule has 17 heavy (non-hydrogen) atoms. The van der Waals surface area contributed by atoms with Gasteiger partial charge in [-0.15, -0.1) is 0 Å². The van der Waals surface area contributed by atoms with Gasteiger partial charge in [-0.3, -0.25) is 4.79 Å². The van der Waals surface area contributed by atoms with Crippen LogP contribution in [-0.2, 0) is 4.79 Å². The monoisotopic (exact) mass is 239 g/mol. The van der Waals surface area contributed by atoms with Gasteiger partial charge in [0.15, 0.2) is 0 Å². The van der Waals surface area contributed by atoms with E-state index in [9.17, 15) is 4.79 Å². The van der Waals surface area contributed by atoms with Crippen LogP contribution in [0.3, 0.4) is 0 Å². The van der Waals surface area contributed by atoms with Crippen LogP contribution >= 0.6 is 0 Å². The second kappa shape index (κ2) is 7.29. The predicted octanol–water partition coefficient (Wildman–Crippen LogP) is 1.73. The highest BCUT2D eigenvalue weighted by molar-refractivity contribution is 5.85. The van der Waals surface area contributed by atoms with E-state index in [0.29, 0.717) is 13.0 Å². The van der Waals surface area contributed by atoms with Crippen molar-refractivity contribution in [2.75, 3.05) is 33.7 Å². The molecule has 0 saturated heterocycles. The summed E-state index contributed by atoms with van der Waals surface area (Å²) in [5.41, 5.74) is -0.874. The van der Waals surface area contributed by atoms with Crippen LogP contribution in [0.5, 0.6) is 0 Å². The number of hydrogen-bond acceptors (Lipinski definition) is 3. The Balaban J connectivity index is 4.70. The van der Waals surface area contributed by atoms with E-state index in [1.165, 1.54) is 0 Å². The van der Waals surface area contributed by atoms with E-state index < -0.39 is 5.41 Å². The first-order valence-electron chi connectivity index (χ1n) is 6.26. The zero-order valence-corrected chi connectivity index (χ0v) is 11.8. The lowest BCUT2D eigenvalue weighted by Crippen LogP contribution is -2.44. The zero-order valence-electron chi connectivity index (χ0n) is 11.8. The Morgan fingerprint density at radius 2 is 1.82 bits per heavy atom. The minimum absolute atomic E-state index is 0.0359. The number of carbonyl (C=O) groups is 1. The number of nitriles is 1. The van der Waals surface area contributed by atoms with Gasteiger partial charge < -0.3 is 9.80 Å². The maximum absolute atomic E-state index is 12.3. The first-order chi connectivity index (χ1) is 7.91. The molecule has 0 aromatic heterocycles. The van der Waals surface area contributed by atoms with Gasteiger partial charge in [-0.2, -0.15) is 5.26 Å². The fourth-order valence-corrected chi connectivity index (χ4v) is 1.53. The number of hydrogen-bond donors (Lipinski definition) is 0. The maximum atomic E-state index is 12.3. The molecule has 0 spiro atoms. The SMILES string of the molecule is CCCN(CCN(C)C)C(=O)C(C)(C#N)CC. The highest BCUT2D eigenvalue weighted by Gasteiger charge is 2.34. The molecule has 0 aliphatic rings. The summed E-state index contributed by atoms with van der Waals surface area (Å²) >= 11 is 0. The Kier molecular flexibility index (Phi) is 6.82. The second-order valence-electron chi connectivity index (χ2n) is 4.89. The van der Waals surface area contributed by atoms with Crippen molar-refractivity contribution in [3.63, 3.8) is 0 Å². The van der Waals surface area contributed by atoms with Crippen molar-refractivity contribution in [2.45, 2.75) is 33.6 Å². The highest BCUT2D eigenvalue weighted by atomic mass is 16.2. The van der Waals surface area contributed by atoms with Crippen LogP contribution in [0.2, 0.25) is 0 Å². The van der Waals surface area contributed by atoms with Gasteiger partial charge in [0.1, 0.15) is 5.41 Å². The number of rotatable bonds is 7. The molecule has 0 saturated carbocycles. The van der Waals surface area contributed by atoms with Crippen molar-refractivity contribution in [3.8, 4) is 6.07 Å². The molecule has 0 bridgehead atoms. The summed E-state index contributed by atoms with van der Waals surface area (Å²) in [6.45, 7) is 7.91. The van der Waals surface area contributed by atoms with E-state index in [-0.39, 0.29) is 5.91 Å². The molecular weight excluding hydrogens is 214 g/mol. The van der Waals surface area contributed by atoms with Crippen LogP contribution < -0.4 is 0 Å². The van der Waals surface area contributed by atoms with Crippen LogP contribution in [0.15, 0.2) is 0 Å². The molecule has 0 aromatic rings. The van der Waals surface area contributed by atoms with Gasteiger partial charge >= 0.3 is 0 Å². The number of nitrogens with zero attached hydrogens (tertiary/aromatic N) is 3. The lowest BCUT2D eigenvalue weighted by atomic mass is 9.87. The molecule has 0 aliphatic carbocycles. The van der Waals surface area contributed by atoms with E-state index in [4.69, 9.17) is 5.26 Å². The molecule has 0 aliphatic heterocycles. The Bertz CT molecular complexity index is 283. The van der Waals surface area contributed by atoms with Gasteiger partial charge in [-0.1, -0.05) is 13.8 Å². The molecule has 98 valence electrons. The summed E-state index contributed by atoms with van der Waals surface area (Å²) in [7, 11) is 3.97. The summed E-state index contributed by atoms with van der Waals surface area (Å²) in [4.78, 5) is 16.2. The topological polar surface area (TPSA) is 47.3 Å². The fraction of sp³-hybridized carbons (Fsp3) is 0.846. The number of carbonyl (C=O) groups excluding carboxylic acids is 1. The highest BCUT2D eigenvalue weighted by Crippen LogP contribution is 2.23. The zero-order chi connectivity index (χ0) is 13.5. The van der Waals surface area contributed by atoms with E-state index in [1.54, 1.807) is 6.92 Å². The molecule has 4 heteroatoms. The van der Waals surface area contributed by atoms with Gasteiger partial charge in [0.2, 0.25) is 5.91 Å². The van der Waals surface area contributed by atoms with Crippen LogP contribution in [-0.4, -0.2) is 49.4 Å². The quantitative estimate of drug-likeness (QED) is 0.679. The largest absolute Gasteiger partial charge is 0.340 e. The van der Waals surface area contributed by atoms with Crippen LogP contribution in [0.25, 0.3) is 0 Å². The van der Waals surface area contributed by atoms with Gasteiger partial charge in [0.05, 0.1) is 6.07 Å². The van der Waals surface area contributed by atoms with Crippen molar-refractivity contribution >= 4 is 5.91 Å². The number of likely N-dealkylation sites (N-methyl/N-ethyl adjacent to an activating group) is 1. The molecule has 0 heterocycles. The van der Waals surface area contributed by atoms with Crippen molar-refractivity contribution in [3.05, 3.63) is 0 Å². The Morgan fingerprint density at radius 3 is 2.18 bits per heavy atom. The normalized spacial score (nSPS) is 14.2.